The monoisotopic (exact) mass is 324 g/mol. The number of nitrogens with one attached hydrogen (secondary N) is 1. The number of para-hydroxylation sites is 2. The summed E-state index contributed by atoms with van der Waals surface area (Å²) in [7, 11) is 0. The molecule has 0 saturated carbocycles. The van der Waals surface area contributed by atoms with Crippen LogP contribution in [0.15, 0.2) is 53.5 Å². The highest BCUT2D eigenvalue weighted by Gasteiger charge is 2.16. The molecule has 6 nitrogen and oxygen atoms in total. The summed E-state index contributed by atoms with van der Waals surface area (Å²) < 4.78 is 3.18. The zero-order valence-electron chi connectivity index (χ0n) is 13.8. The van der Waals surface area contributed by atoms with Crippen LogP contribution in [0.1, 0.15) is 25.6 Å². The van der Waals surface area contributed by atoms with Gasteiger partial charge in [-0.3, -0.25) is 18.9 Å². The van der Waals surface area contributed by atoms with Crippen LogP contribution >= 0.6 is 0 Å². The minimum atomic E-state index is -0.214. The van der Waals surface area contributed by atoms with E-state index in [1.165, 1.54) is 4.57 Å². The van der Waals surface area contributed by atoms with Crippen molar-refractivity contribution in [2.24, 2.45) is 0 Å². The zero-order valence-corrected chi connectivity index (χ0v) is 13.8. The molecule has 1 amide bonds. The van der Waals surface area contributed by atoms with Crippen molar-refractivity contribution < 1.29 is 4.79 Å². The molecule has 1 aromatic carbocycles. The van der Waals surface area contributed by atoms with Crippen molar-refractivity contribution in [3.05, 3.63) is 64.8 Å². The number of rotatable bonds is 5. The topological polar surface area (TPSA) is 68.9 Å². The number of nitrogens with zero attached hydrogens (tertiary/aromatic N) is 3. The van der Waals surface area contributed by atoms with Crippen molar-refractivity contribution in [2.75, 3.05) is 0 Å². The highest BCUT2D eigenvalue weighted by Crippen LogP contribution is 2.13. The molecule has 1 N–H and O–H groups in total. The second-order valence-corrected chi connectivity index (χ2v) is 5.65. The van der Waals surface area contributed by atoms with Gasteiger partial charge in [-0.2, -0.15) is 0 Å². The van der Waals surface area contributed by atoms with E-state index in [-0.39, 0.29) is 24.2 Å². The van der Waals surface area contributed by atoms with Crippen molar-refractivity contribution in [3.8, 4) is 0 Å². The van der Waals surface area contributed by atoms with Crippen molar-refractivity contribution in [1.29, 1.82) is 0 Å². The first-order valence-electron chi connectivity index (χ1n) is 8.00. The van der Waals surface area contributed by atoms with Crippen LogP contribution in [-0.4, -0.2) is 20.0 Å². The Hall–Kier alpha value is -2.89. The van der Waals surface area contributed by atoms with Gasteiger partial charge in [0.15, 0.2) is 0 Å². The fraction of sp³-hybridized carbons (Fsp3) is 0.278. The van der Waals surface area contributed by atoms with Crippen LogP contribution in [0.4, 0.5) is 0 Å². The maximum absolute atomic E-state index is 12.5. The molecule has 1 unspecified atom stereocenters. The number of carbonyl (C=O) groups is 1. The molecule has 0 bridgehead atoms. The largest absolute Gasteiger partial charge is 0.346 e. The molecule has 6 heteroatoms. The van der Waals surface area contributed by atoms with E-state index >= 15 is 0 Å². The van der Waals surface area contributed by atoms with Crippen LogP contribution in [0.2, 0.25) is 0 Å². The molecular weight excluding hydrogens is 304 g/mol. The number of pyridine rings is 1. The van der Waals surface area contributed by atoms with Crippen molar-refractivity contribution in [2.45, 2.75) is 33.0 Å². The summed E-state index contributed by atoms with van der Waals surface area (Å²) in [5, 5.41) is 2.89. The molecule has 0 radical (unpaired) electrons. The van der Waals surface area contributed by atoms with Gasteiger partial charge in [-0.15, -0.1) is 0 Å². The van der Waals surface area contributed by atoms with E-state index < -0.39 is 0 Å². The lowest BCUT2D eigenvalue weighted by molar-refractivity contribution is -0.122. The van der Waals surface area contributed by atoms with E-state index in [9.17, 15) is 9.59 Å². The Balaban J connectivity index is 1.84. The summed E-state index contributed by atoms with van der Waals surface area (Å²) in [5.74, 6) is -0.214. The number of fused-ring (bicyclic) bond motifs is 1. The van der Waals surface area contributed by atoms with Crippen molar-refractivity contribution in [3.63, 3.8) is 0 Å². The van der Waals surface area contributed by atoms with E-state index in [4.69, 9.17) is 0 Å². The quantitative estimate of drug-likeness (QED) is 0.781. The third-order valence-corrected chi connectivity index (χ3v) is 4.05. The Morgan fingerprint density at radius 2 is 1.79 bits per heavy atom. The first-order chi connectivity index (χ1) is 11.6. The van der Waals surface area contributed by atoms with E-state index in [0.717, 1.165) is 16.7 Å². The van der Waals surface area contributed by atoms with Gasteiger partial charge in [0.05, 0.1) is 22.8 Å². The fourth-order valence-electron chi connectivity index (χ4n) is 2.87. The Morgan fingerprint density at radius 1 is 1.12 bits per heavy atom. The van der Waals surface area contributed by atoms with Gasteiger partial charge < -0.3 is 5.32 Å². The average molecular weight is 324 g/mol. The number of carbonyl (C=O) groups excluding carboxylic acids is 1. The van der Waals surface area contributed by atoms with Crippen LogP contribution in [-0.2, 0) is 17.9 Å². The lowest BCUT2D eigenvalue weighted by atomic mass is 10.2. The Kier molecular flexibility index (Phi) is 4.46. The molecule has 124 valence electrons. The molecule has 0 aliphatic heterocycles. The van der Waals surface area contributed by atoms with E-state index in [0.29, 0.717) is 6.54 Å². The van der Waals surface area contributed by atoms with E-state index in [1.54, 1.807) is 10.8 Å². The standard InChI is InChI=1S/C18H20N4O2/c1-3-21-15-9-4-5-10-16(15)22(18(21)24)12-17(23)20-13(2)14-8-6-7-11-19-14/h4-11,13H,3,12H2,1-2H3,(H,20,23). The molecule has 3 rings (SSSR count). The van der Waals surface area contributed by atoms with Gasteiger partial charge in [0.1, 0.15) is 6.54 Å². The molecule has 2 heterocycles. The molecule has 0 saturated heterocycles. The van der Waals surface area contributed by atoms with Gasteiger partial charge in [0.25, 0.3) is 0 Å². The smallest absolute Gasteiger partial charge is 0.329 e. The number of aryl methyl sites for hydroxylation is 1. The number of amides is 1. The molecule has 0 aliphatic carbocycles. The summed E-state index contributed by atoms with van der Waals surface area (Å²) in [4.78, 5) is 29.2. The Labute approximate surface area is 139 Å². The minimum absolute atomic E-state index is 0.0104. The second kappa shape index (κ2) is 6.70. The molecule has 3 aromatic rings. The SMILES string of the molecule is CCn1c(=O)n(CC(=O)NC(C)c2ccccn2)c2ccccc21. The Bertz CT molecular complexity index is 912. The first-order valence-corrected chi connectivity index (χ1v) is 8.00. The van der Waals surface area contributed by atoms with Crippen LogP contribution < -0.4 is 11.0 Å². The average Bonchev–Trinajstić information content (AvgIpc) is 2.87. The number of benzene rings is 1. The van der Waals surface area contributed by atoms with Gasteiger partial charge >= 0.3 is 5.69 Å². The van der Waals surface area contributed by atoms with Crippen LogP contribution in [0.25, 0.3) is 11.0 Å². The minimum Gasteiger partial charge on any atom is -0.346 e. The number of aromatic nitrogens is 3. The molecule has 1 atom stereocenters. The van der Waals surface area contributed by atoms with Gasteiger partial charge in [-0.25, -0.2) is 4.79 Å². The van der Waals surface area contributed by atoms with Crippen LogP contribution in [0, 0.1) is 0 Å². The fourth-order valence-corrected chi connectivity index (χ4v) is 2.87. The van der Waals surface area contributed by atoms with Crippen molar-refractivity contribution in [1.82, 2.24) is 19.4 Å². The molecule has 0 spiro atoms. The summed E-state index contributed by atoms with van der Waals surface area (Å²) in [6.07, 6.45) is 1.69. The highest BCUT2D eigenvalue weighted by atomic mass is 16.2. The molecule has 0 fully saturated rings. The van der Waals surface area contributed by atoms with Gasteiger partial charge in [0.2, 0.25) is 5.91 Å². The molecule has 0 aliphatic rings. The predicted molar refractivity (Wildman–Crippen MR) is 92.7 cm³/mol. The normalized spacial score (nSPS) is 12.2. The first kappa shape index (κ1) is 16.0. The van der Waals surface area contributed by atoms with Crippen LogP contribution in [0.3, 0.4) is 0 Å². The molecular formula is C18H20N4O2. The maximum Gasteiger partial charge on any atom is 0.329 e. The summed E-state index contributed by atoms with van der Waals surface area (Å²) in [6.45, 7) is 4.35. The lowest BCUT2D eigenvalue weighted by Gasteiger charge is -2.13. The summed E-state index contributed by atoms with van der Waals surface area (Å²) in [6, 6.07) is 12.9. The maximum atomic E-state index is 12.5. The van der Waals surface area contributed by atoms with E-state index in [1.807, 2.05) is 56.3 Å². The van der Waals surface area contributed by atoms with Crippen LogP contribution in [0.5, 0.6) is 0 Å². The van der Waals surface area contributed by atoms with Gasteiger partial charge in [-0.05, 0) is 38.1 Å². The van der Waals surface area contributed by atoms with Crippen molar-refractivity contribution >= 4 is 16.9 Å². The predicted octanol–water partition coefficient (Wildman–Crippen LogP) is 2.10. The third kappa shape index (κ3) is 2.95. The molecule has 24 heavy (non-hydrogen) atoms. The third-order valence-electron chi connectivity index (χ3n) is 4.05. The lowest BCUT2D eigenvalue weighted by Crippen LogP contribution is -2.34. The van der Waals surface area contributed by atoms with Gasteiger partial charge in [0, 0.05) is 12.7 Å². The number of hydrogen-bond donors (Lipinski definition) is 1. The van der Waals surface area contributed by atoms with E-state index in [2.05, 4.69) is 10.3 Å². The zero-order chi connectivity index (χ0) is 17.1. The number of hydrogen-bond acceptors (Lipinski definition) is 3. The highest BCUT2D eigenvalue weighted by molar-refractivity contribution is 5.81. The molecule has 2 aromatic heterocycles. The number of imidazole rings is 1. The van der Waals surface area contributed by atoms with Gasteiger partial charge in [-0.1, -0.05) is 18.2 Å². The summed E-state index contributed by atoms with van der Waals surface area (Å²) >= 11 is 0. The summed E-state index contributed by atoms with van der Waals surface area (Å²) in [5.41, 5.74) is 2.23. The second-order valence-electron chi connectivity index (χ2n) is 5.65. The Morgan fingerprint density at radius 3 is 2.42 bits per heavy atom.